The van der Waals surface area contributed by atoms with Gasteiger partial charge in [0.15, 0.2) is 0 Å². The van der Waals surface area contributed by atoms with Gasteiger partial charge in [0.1, 0.15) is 0 Å². The molecular formula is C40H40N4. The minimum absolute atomic E-state index is 1.02. The molecule has 4 aromatic rings. The summed E-state index contributed by atoms with van der Waals surface area (Å²) in [6, 6.07) is 25.6. The molecule has 0 atom stereocenters. The minimum Gasteiger partial charge on any atom is -0.358 e. The van der Waals surface area contributed by atoms with Crippen LogP contribution in [-0.4, -0.2) is 21.4 Å². The Morgan fingerprint density at radius 3 is 1.20 bits per heavy atom. The molecule has 0 fully saturated rings. The van der Waals surface area contributed by atoms with Gasteiger partial charge in [0.25, 0.3) is 0 Å². The maximum Gasteiger partial charge on any atom is 0.0768 e. The smallest absolute Gasteiger partial charge is 0.0768 e. The van der Waals surface area contributed by atoms with Crippen molar-refractivity contribution in [3.63, 3.8) is 0 Å². The highest BCUT2D eigenvalue weighted by Crippen LogP contribution is 2.39. The molecule has 220 valence electrons. The molecule has 0 spiro atoms. The molecule has 2 N–H and O–H groups in total. The number of nitrogens with one attached hydrogen (secondary N) is 2. The van der Waals surface area contributed by atoms with Gasteiger partial charge in [-0.2, -0.15) is 0 Å². The van der Waals surface area contributed by atoms with Crippen LogP contribution >= 0.6 is 0 Å². The molecular weight excluding hydrogens is 536 g/mol. The van der Waals surface area contributed by atoms with E-state index in [4.69, 9.17) is 9.98 Å². The van der Waals surface area contributed by atoms with Crippen LogP contribution in [0.3, 0.4) is 0 Å². The highest BCUT2D eigenvalue weighted by atomic mass is 14.8. The third kappa shape index (κ3) is 5.22. The van der Waals surface area contributed by atoms with Gasteiger partial charge in [-0.05, 0) is 101 Å². The Morgan fingerprint density at radius 2 is 0.886 bits per heavy atom. The summed E-state index contributed by atoms with van der Waals surface area (Å²) >= 11 is 0. The van der Waals surface area contributed by atoms with E-state index >= 15 is 0 Å². The summed E-state index contributed by atoms with van der Waals surface area (Å²) in [5.74, 6) is 0. The van der Waals surface area contributed by atoms with Gasteiger partial charge < -0.3 is 9.97 Å². The number of aliphatic imine (C=N–C) groups is 2. The van der Waals surface area contributed by atoms with Gasteiger partial charge in [0, 0.05) is 45.1 Å². The highest BCUT2D eigenvalue weighted by Gasteiger charge is 2.26. The van der Waals surface area contributed by atoms with E-state index in [2.05, 4.69) is 150 Å². The quantitative estimate of drug-likeness (QED) is 0.230. The molecule has 4 heteroatoms. The van der Waals surface area contributed by atoms with Crippen molar-refractivity contribution < 1.29 is 0 Å². The van der Waals surface area contributed by atoms with E-state index in [1.807, 2.05) is 0 Å². The van der Waals surface area contributed by atoms with Crippen molar-refractivity contribution in [1.82, 2.24) is 9.97 Å². The lowest BCUT2D eigenvalue weighted by Crippen LogP contribution is -1.97. The number of hydrogen-bond donors (Lipinski definition) is 2. The first-order valence-electron chi connectivity index (χ1n) is 15.3. The van der Waals surface area contributed by atoms with Crippen LogP contribution in [0.15, 0.2) is 129 Å². The van der Waals surface area contributed by atoms with Gasteiger partial charge >= 0.3 is 0 Å². The zero-order valence-corrected chi connectivity index (χ0v) is 27.0. The second kappa shape index (κ2) is 11.6. The number of aryl methyl sites for hydroxylation is 4. The molecule has 0 saturated heterocycles. The second-order valence-electron chi connectivity index (χ2n) is 12.0. The molecule has 2 aliphatic rings. The average Bonchev–Trinajstić information content (AvgIpc) is 3.69. The van der Waals surface area contributed by atoms with E-state index in [0.29, 0.717) is 0 Å². The molecule has 2 aromatic heterocycles. The normalized spacial score (nSPS) is 17.6. The zero-order chi connectivity index (χ0) is 31.1. The van der Waals surface area contributed by atoms with Crippen molar-refractivity contribution in [2.75, 3.05) is 0 Å². The molecule has 44 heavy (non-hydrogen) atoms. The third-order valence-corrected chi connectivity index (χ3v) is 8.67. The lowest BCUT2D eigenvalue weighted by molar-refractivity contribution is 1.21. The van der Waals surface area contributed by atoms with Gasteiger partial charge in [0.2, 0.25) is 0 Å². The van der Waals surface area contributed by atoms with Crippen molar-refractivity contribution in [2.24, 2.45) is 9.98 Å². The maximum absolute atomic E-state index is 5.16. The monoisotopic (exact) mass is 576 g/mol. The summed E-state index contributed by atoms with van der Waals surface area (Å²) in [5, 5.41) is 0. The summed E-state index contributed by atoms with van der Waals surface area (Å²) in [7, 11) is 0. The van der Waals surface area contributed by atoms with E-state index < -0.39 is 0 Å². The minimum atomic E-state index is 1.02. The summed E-state index contributed by atoms with van der Waals surface area (Å²) in [5.41, 5.74) is 20.3. The lowest BCUT2D eigenvalue weighted by Gasteiger charge is -2.12. The Labute approximate surface area is 261 Å². The van der Waals surface area contributed by atoms with E-state index in [1.54, 1.807) is 0 Å². The first-order chi connectivity index (χ1) is 21.1. The Morgan fingerprint density at radius 1 is 0.523 bits per heavy atom. The van der Waals surface area contributed by atoms with Crippen molar-refractivity contribution in [2.45, 2.75) is 55.4 Å². The largest absolute Gasteiger partial charge is 0.358 e. The number of allylic oxidation sites excluding steroid dienone is 6. The van der Waals surface area contributed by atoms with E-state index in [-0.39, 0.29) is 0 Å². The molecule has 2 aliphatic heterocycles. The third-order valence-electron chi connectivity index (χ3n) is 8.67. The van der Waals surface area contributed by atoms with Crippen LogP contribution < -0.4 is 0 Å². The molecule has 2 aromatic carbocycles. The Bertz CT molecular complexity index is 1850. The highest BCUT2D eigenvalue weighted by molar-refractivity contribution is 6.10. The first-order valence-corrected chi connectivity index (χ1v) is 15.3. The van der Waals surface area contributed by atoms with Gasteiger partial charge in [-0.15, -0.1) is 0 Å². The summed E-state index contributed by atoms with van der Waals surface area (Å²) < 4.78 is 0. The molecule has 4 heterocycles. The molecule has 6 rings (SSSR count). The van der Waals surface area contributed by atoms with Crippen LogP contribution in [0, 0.1) is 27.7 Å². The van der Waals surface area contributed by atoms with Gasteiger partial charge in [0.05, 0.1) is 22.8 Å². The Hall–Kier alpha value is -4.96. The number of aromatic amines is 2. The molecule has 0 unspecified atom stereocenters. The van der Waals surface area contributed by atoms with Crippen LogP contribution in [-0.2, 0) is 0 Å². The number of H-pyrrole nitrogens is 2. The van der Waals surface area contributed by atoms with Crippen LogP contribution in [0.4, 0.5) is 0 Å². The van der Waals surface area contributed by atoms with E-state index in [9.17, 15) is 0 Å². The van der Waals surface area contributed by atoms with Gasteiger partial charge in [-0.1, -0.05) is 72.8 Å². The molecule has 0 radical (unpaired) electrons. The number of rotatable bonds is 6. The number of nitrogens with zero attached hydrogens (tertiary/aromatic N) is 2. The number of hydrogen-bond acceptors (Lipinski definition) is 2. The van der Waals surface area contributed by atoms with E-state index in [1.165, 1.54) is 22.3 Å². The summed E-state index contributed by atoms with van der Waals surface area (Å²) in [6.45, 7) is 17.1. The second-order valence-corrected chi connectivity index (χ2v) is 12.0. The molecule has 0 aliphatic carbocycles. The molecule has 0 bridgehead atoms. The summed E-state index contributed by atoms with van der Waals surface area (Å²) in [6.07, 6.45) is 4.45. The molecule has 0 amide bonds. The van der Waals surface area contributed by atoms with Crippen molar-refractivity contribution in [3.05, 3.63) is 164 Å². The lowest BCUT2D eigenvalue weighted by atomic mass is 9.93. The van der Waals surface area contributed by atoms with Crippen LogP contribution in [0.5, 0.6) is 0 Å². The Balaban J connectivity index is 1.48. The van der Waals surface area contributed by atoms with Gasteiger partial charge in [-0.3, -0.25) is 9.98 Å². The van der Waals surface area contributed by atoms with Crippen LogP contribution in [0.1, 0.15) is 72.7 Å². The fourth-order valence-corrected chi connectivity index (χ4v) is 6.55. The predicted octanol–water partition coefficient (Wildman–Crippen LogP) is 9.93. The van der Waals surface area contributed by atoms with Crippen molar-refractivity contribution in [3.8, 4) is 0 Å². The summed E-state index contributed by atoms with van der Waals surface area (Å²) in [4.78, 5) is 17.5. The zero-order valence-electron chi connectivity index (χ0n) is 27.0. The SMILES string of the molecule is CC1=N/C(=C(/c2ccccc2)c2[nH]c(C)cc2C)C(C)=C1/C=C/C1=C(C)C(=C(\c2ccccc2)c2[nH]c(C)cc2C)/N=C1C. The molecule has 0 saturated carbocycles. The fraction of sp³-hybridized carbons (Fsp3) is 0.200. The fourth-order valence-electron chi connectivity index (χ4n) is 6.55. The van der Waals surface area contributed by atoms with Crippen molar-refractivity contribution >= 4 is 22.6 Å². The maximum atomic E-state index is 5.16. The molecule has 4 nitrogen and oxygen atoms in total. The van der Waals surface area contributed by atoms with Gasteiger partial charge in [-0.25, -0.2) is 0 Å². The topological polar surface area (TPSA) is 56.3 Å². The van der Waals surface area contributed by atoms with Crippen LogP contribution in [0.2, 0.25) is 0 Å². The number of aromatic nitrogens is 2. The average molecular weight is 577 g/mol. The van der Waals surface area contributed by atoms with Crippen LogP contribution in [0.25, 0.3) is 11.1 Å². The predicted molar refractivity (Wildman–Crippen MR) is 186 cm³/mol. The first kappa shape index (κ1) is 29.1. The standard InChI is InChI=1S/C40H40N4/c1-23-21-25(3)41-37(23)35(31-15-11-9-12-16-31)39-27(5)33(29(7)43-39)19-20-34-28(6)40(44-30(34)8)36(32-17-13-10-14-18-32)38-24(2)22-26(4)42-38/h9-22,41-42H,1-8H3/b20-19+,39-35-,40-36-. The van der Waals surface area contributed by atoms with Crippen molar-refractivity contribution in [1.29, 1.82) is 0 Å². The van der Waals surface area contributed by atoms with E-state index in [0.717, 1.165) is 79.0 Å². The number of benzene rings is 2. The Kier molecular flexibility index (Phi) is 7.69.